The summed E-state index contributed by atoms with van der Waals surface area (Å²) in [6.07, 6.45) is 0. The van der Waals surface area contributed by atoms with E-state index in [2.05, 4.69) is 20.9 Å². The average Bonchev–Trinajstić information content (AvgIpc) is 2.75. The zero-order valence-corrected chi connectivity index (χ0v) is 12.1. The van der Waals surface area contributed by atoms with Crippen molar-refractivity contribution in [1.82, 2.24) is 20.9 Å². The van der Waals surface area contributed by atoms with Crippen LogP contribution in [0.2, 0.25) is 0 Å². The molecule has 3 amide bonds. The molecule has 8 nitrogen and oxygen atoms in total. The van der Waals surface area contributed by atoms with E-state index in [1.54, 1.807) is 0 Å². The lowest BCUT2D eigenvalue weighted by Crippen LogP contribution is -2.43. The summed E-state index contributed by atoms with van der Waals surface area (Å²) < 4.78 is 5.21. The number of nitrogens with zero attached hydrogens (tertiary/aromatic N) is 2. The van der Waals surface area contributed by atoms with Crippen LogP contribution in [0, 0.1) is 0 Å². The Morgan fingerprint density at radius 3 is 2.80 bits per heavy atom. The first-order valence-corrected chi connectivity index (χ1v) is 6.87. The van der Waals surface area contributed by atoms with Crippen LogP contribution in [0.3, 0.4) is 0 Å². The molecule has 1 saturated heterocycles. The molecule has 0 aliphatic carbocycles. The predicted molar refractivity (Wildman–Crippen MR) is 75.6 cm³/mol. The fraction of sp³-hybridized carbons (Fsp3) is 0.750. The van der Waals surface area contributed by atoms with E-state index >= 15 is 0 Å². The lowest BCUT2D eigenvalue weighted by molar-refractivity contribution is -0.124. The Morgan fingerprint density at radius 1 is 1.40 bits per heavy atom. The van der Waals surface area contributed by atoms with Crippen LogP contribution in [0.4, 0.5) is 4.79 Å². The predicted octanol–water partition coefficient (Wildman–Crippen LogP) is -0.870. The van der Waals surface area contributed by atoms with Crippen molar-refractivity contribution in [3.8, 4) is 0 Å². The number of carbonyl (C=O) groups excluding carboxylic acids is 2. The fourth-order valence-corrected chi connectivity index (χ4v) is 1.68. The molecule has 1 aliphatic heterocycles. The van der Waals surface area contributed by atoms with Crippen LogP contribution in [0.25, 0.3) is 0 Å². The van der Waals surface area contributed by atoms with Gasteiger partial charge in [-0.05, 0) is 13.8 Å². The number of urea groups is 1. The van der Waals surface area contributed by atoms with Crippen LogP contribution < -0.4 is 16.0 Å². The highest BCUT2D eigenvalue weighted by atomic mass is 16.5. The molecule has 1 aliphatic rings. The van der Waals surface area contributed by atoms with Crippen molar-refractivity contribution < 1.29 is 14.3 Å². The van der Waals surface area contributed by atoms with E-state index in [1.165, 1.54) is 4.90 Å². The maximum absolute atomic E-state index is 11.4. The SMILES string of the molecule is CCNC(=NCCOCC)NCCN1C(=O)CNC1=O. The smallest absolute Gasteiger partial charge is 0.324 e. The molecular weight excluding hydrogens is 262 g/mol. The van der Waals surface area contributed by atoms with Gasteiger partial charge in [-0.15, -0.1) is 0 Å². The van der Waals surface area contributed by atoms with Crippen molar-refractivity contribution in [3.05, 3.63) is 0 Å². The fourth-order valence-electron chi connectivity index (χ4n) is 1.68. The first-order valence-electron chi connectivity index (χ1n) is 6.87. The number of carbonyl (C=O) groups is 2. The van der Waals surface area contributed by atoms with E-state index < -0.39 is 0 Å². The zero-order chi connectivity index (χ0) is 14.8. The minimum absolute atomic E-state index is 0.0847. The van der Waals surface area contributed by atoms with Gasteiger partial charge in [0.1, 0.15) is 0 Å². The van der Waals surface area contributed by atoms with Gasteiger partial charge >= 0.3 is 6.03 Å². The molecule has 114 valence electrons. The largest absolute Gasteiger partial charge is 0.380 e. The summed E-state index contributed by atoms with van der Waals surface area (Å²) in [5.74, 6) is 0.453. The van der Waals surface area contributed by atoms with Gasteiger partial charge in [-0.1, -0.05) is 0 Å². The molecule has 0 unspecified atom stereocenters. The molecule has 0 radical (unpaired) electrons. The molecule has 0 aromatic carbocycles. The van der Waals surface area contributed by atoms with Crippen molar-refractivity contribution in [2.24, 2.45) is 4.99 Å². The van der Waals surface area contributed by atoms with E-state index in [1.807, 2.05) is 13.8 Å². The third-order valence-electron chi connectivity index (χ3n) is 2.62. The van der Waals surface area contributed by atoms with E-state index in [4.69, 9.17) is 4.74 Å². The summed E-state index contributed by atoms with van der Waals surface area (Å²) in [4.78, 5) is 28.2. The number of aliphatic imine (C=N–C) groups is 1. The van der Waals surface area contributed by atoms with Crippen LogP contribution in [0.5, 0.6) is 0 Å². The minimum atomic E-state index is -0.338. The van der Waals surface area contributed by atoms with Crippen LogP contribution >= 0.6 is 0 Å². The Kier molecular flexibility index (Phi) is 7.41. The number of hydrogen-bond acceptors (Lipinski definition) is 4. The summed E-state index contributed by atoms with van der Waals surface area (Å²) in [6, 6.07) is -0.338. The number of imide groups is 1. The summed E-state index contributed by atoms with van der Waals surface area (Å²) in [5, 5.41) is 8.64. The van der Waals surface area contributed by atoms with E-state index in [9.17, 15) is 9.59 Å². The summed E-state index contributed by atoms with van der Waals surface area (Å²) >= 11 is 0. The third kappa shape index (κ3) is 5.43. The number of amides is 3. The summed E-state index contributed by atoms with van der Waals surface area (Å²) in [7, 11) is 0. The topological polar surface area (TPSA) is 95.1 Å². The van der Waals surface area contributed by atoms with Gasteiger partial charge in [0.25, 0.3) is 0 Å². The Labute approximate surface area is 118 Å². The lowest BCUT2D eigenvalue weighted by atomic mass is 10.5. The van der Waals surface area contributed by atoms with E-state index in [-0.39, 0.29) is 18.5 Å². The maximum atomic E-state index is 11.4. The Balaban J connectivity index is 2.31. The molecule has 3 N–H and O–H groups in total. The van der Waals surface area contributed by atoms with Gasteiger partial charge in [0, 0.05) is 26.2 Å². The van der Waals surface area contributed by atoms with Crippen molar-refractivity contribution in [2.45, 2.75) is 13.8 Å². The Bertz CT molecular complexity index is 343. The number of nitrogens with one attached hydrogen (secondary N) is 3. The van der Waals surface area contributed by atoms with Crippen molar-refractivity contribution in [3.63, 3.8) is 0 Å². The molecular formula is C12H23N5O3. The Morgan fingerprint density at radius 2 is 2.20 bits per heavy atom. The van der Waals surface area contributed by atoms with Gasteiger partial charge in [-0.25, -0.2) is 4.79 Å². The highest BCUT2D eigenvalue weighted by molar-refractivity contribution is 6.01. The highest BCUT2D eigenvalue weighted by Gasteiger charge is 2.27. The molecule has 1 rings (SSSR count). The Hall–Kier alpha value is -1.83. The van der Waals surface area contributed by atoms with E-state index in [0.29, 0.717) is 38.8 Å². The number of ether oxygens (including phenoxy) is 1. The molecule has 1 heterocycles. The van der Waals surface area contributed by atoms with Crippen LogP contribution in [-0.4, -0.2) is 68.7 Å². The second kappa shape index (κ2) is 9.13. The number of hydrogen-bond donors (Lipinski definition) is 3. The number of rotatable bonds is 8. The molecule has 0 saturated carbocycles. The van der Waals surface area contributed by atoms with E-state index in [0.717, 1.165) is 6.54 Å². The van der Waals surface area contributed by atoms with Gasteiger partial charge in [-0.2, -0.15) is 0 Å². The molecule has 1 fully saturated rings. The molecule has 0 aromatic rings. The maximum Gasteiger partial charge on any atom is 0.324 e. The first kappa shape index (κ1) is 16.2. The molecule has 0 spiro atoms. The highest BCUT2D eigenvalue weighted by Crippen LogP contribution is 1.96. The first-order chi connectivity index (χ1) is 9.69. The molecule has 0 aromatic heterocycles. The second-order valence-electron chi connectivity index (χ2n) is 4.09. The van der Waals surface area contributed by atoms with Crippen LogP contribution in [-0.2, 0) is 9.53 Å². The van der Waals surface area contributed by atoms with Crippen molar-refractivity contribution in [1.29, 1.82) is 0 Å². The van der Waals surface area contributed by atoms with Crippen molar-refractivity contribution in [2.75, 3.05) is 45.9 Å². The molecule has 20 heavy (non-hydrogen) atoms. The van der Waals surface area contributed by atoms with Gasteiger partial charge < -0.3 is 20.7 Å². The van der Waals surface area contributed by atoms with Crippen LogP contribution in [0.1, 0.15) is 13.8 Å². The van der Waals surface area contributed by atoms with Gasteiger partial charge in [0.05, 0.1) is 19.7 Å². The van der Waals surface area contributed by atoms with Crippen LogP contribution in [0.15, 0.2) is 4.99 Å². The quantitative estimate of drug-likeness (QED) is 0.233. The zero-order valence-electron chi connectivity index (χ0n) is 12.1. The summed E-state index contributed by atoms with van der Waals surface area (Å²) in [5.41, 5.74) is 0. The summed E-state index contributed by atoms with van der Waals surface area (Å²) in [6.45, 7) is 7.31. The third-order valence-corrected chi connectivity index (χ3v) is 2.62. The van der Waals surface area contributed by atoms with Gasteiger partial charge in [-0.3, -0.25) is 14.7 Å². The molecule has 0 bridgehead atoms. The molecule has 0 atom stereocenters. The lowest BCUT2D eigenvalue weighted by Gasteiger charge is -2.15. The standard InChI is InChI=1S/C12H23N5O3/c1-3-13-11(15-6-8-20-4-2)14-5-7-17-10(18)9-16-12(17)19/h3-9H2,1-2H3,(H,16,19)(H2,13,14,15). The molecule has 8 heteroatoms. The second-order valence-corrected chi connectivity index (χ2v) is 4.09. The van der Waals surface area contributed by atoms with Gasteiger partial charge in [0.2, 0.25) is 5.91 Å². The van der Waals surface area contributed by atoms with Gasteiger partial charge in [0.15, 0.2) is 5.96 Å². The minimum Gasteiger partial charge on any atom is -0.380 e. The average molecular weight is 285 g/mol. The monoisotopic (exact) mass is 285 g/mol. The number of guanidine groups is 1. The normalized spacial score (nSPS) is 15.5. The van der Waals surface area contributed by atoms with Crippen molar-refractivity contribution >= 4 is 17.9 Å².